The van der Waals surface area contributed by atoms with Gasteiger partial charge in [0.25, 0.3) is 0 Å². The van der Waals surface area contributed by atoms with Crippen molar-refractivity contribution in [3.63, 3.8) is 0 Å². The van der Waals surface area contributed by atoms with Gasteiger partial charge in [-0.15, -0.1) is 0 Å². The Morgan fingerprint density at radius 1 is 1.17 bits per heavy atom. The Balaban J connectivity index is 2.01. The van der Waals surface area contributed by atoms with E-state index in [9.17, 15) is 0 Å². The molecule has 1 aromatic carbocycles. The zero-order valence-corrected chi connectivity index (χ0v) is 11.8. The van der Waals surface area contributed by atoms with Crippen LogP contribution >= 0.6 is 0 Å². The molecule has 0 bridgehead atoms. The van der Waals surface area contributed by atoms with E-state index in [1.807, 2.05) is 0 Å². The topological polar surface area (TPSA) is 15.3 Å². The number of hydrogen-bond acceptors (Lipinski definition) is 2. The van der Waals surface area contributed by atoms with Crippen molar-refractivity contribution in [2.75, 3.05) is 25.0 Å². The summed E-state index contributed by atoms with van der Waals surface area (Å²) >= 11 is 0. The van der Waals surface area contributed by atoms with E-state index < -0.39 is 0 Å². The second-order valence-corrected chi connectivity index (χ2v) is 5.27. The Labute approximate surface area is 111 Å². The molecule has 0 radical (unpaired) electrons. The molecule has 0 amide bonds. The molecule has 0 fully saturated rings. The predicted octanol–water partition coefficient (Wildman–Crippen LogP) is 3.54. The summed E-state index contributed by atoms with van der Waals surface area (Å²) in [6, 6.07) is 9.44. The fourth-order valence-corrected chi connectivity index (χ4v) is 2.93. The Bertz CT molecular complexity index is 329. The van der Waals surface area contributed by atoms with E-state index in [0.29, 0.717) is 6.04 Å². The second kappa shape index (κ2) is 6.79. The monoisotopic (exact) mass is 246 g/mol. The van der Waals surface area contributed by atoms with E-state index in [1.54, 1.807) is 0 Å². The average Bonchev–Trinajstić information content (AvgIpc) is 2.61. The van der Waals surface area contributed by atoms with E-state index in [-0.39, 0.29) is 0 Å². The molecule has 0 saturated heterocycles. The highest BCUT2D eigenvalue weighted by Gasteiger charge is 2.20. The van der Waals surface area contributed by atoms with Gasteiger partial charge >= 0.3 is 0 Å². The van der Waals surface area contributed by atoms with Crippen molar-refractivity contribution in [1.29, 1.82) is 0 Å². The lowest BCUT2D eigenvalue weighted by molar-refractivity contribution is 0.196. The number of para-hydroxylation sites is 1. The zero-order chi connectivity index (χ0) is 12.8. The minimum Gasteiger partial charge on any atom is -0.383 e. The number of nitrogens with one attached hydrogen (secondary N) is 1. The highest BCUT2D eigenvalue weighted by Crippen LogP contribution is 2.23. The van der Waals surface area contributed by atoms with E-state index >= 15 is 0 Å². The van der Waals surface area contributed by atoms with E-state index in [2.05, 4.69) is 48.3 Å². The summed E-state index contributed by atoms with van der Waals surface area (Å²) in [4.78, 5) is 2.67. The number of fused-ring (bicyclic) bond motifs is 1. The van der Waals surface area contributed by atoms with Gasteiger partial charge < -0.3 is 5.32 Å². The molecule has 0 spiro atoms. The number of hydrogen-bond donors (Lipinski definition) is 1. The first-order valence-corrected chi connectivity index (χ1v) is 7.41. The van der Waals surface area contributed by atoms with Crippen molar-refractivity contribution in [3.05, 3.63) is 29.8 Å². The van der Waals surface area contributed by atoms with E-state index in [1.165, 1.54) is 50.0 Å². The van der Waals surface area contributed by atoms with Gasteiger partial charge in [-0.3, -0.25) is 4.90 Å². The second-order valence-electron chi connectivity index (χ2n) is 5.27. The van der Waals surface area contributed by atoms with Crippen molar-refractivity contribution in [2.45, 2.75) is 45.6 Å². The van der Waals surface area contributed by atoms with Crippen molar-refractivity contribution in [1.82, 2.24) is 4.90 Å². The molecule has 2 rings (SSSR count). The van der Waals surface area contributed by atoms with Gasteiger partial charge in [-0.05, 0) is 50.4 Å². The molecule has 1 aliphatic rings. The maximum absolute atomic E-state index is 3.63. The molecular weight excluding hydrogens is 220 g/mol. The van der Waals surface area contributed by atoms with E-state index in [0.717, 1.165) is 6.54 Å². The molecule has 1 atom stereocenters. The lowest BCUT2D eigenvalue weighted by Crippen LogP contribution is -2.40. The quantitative estimate of drug-likeness (QED) is 0.855. The minimum absolute atomic E-state index is 0.692. The van der Waals surface area contributed by atoms with Crippen LogP contribution in [0.25, 0.3) is 0 Å². The highest BCUT2D eigenvalue weighted by molar-refractivity contribution is 5.52. The van der Waals surface area contributed by atoms with Gasteiger partial charge in [0.2, 0.25) is 0 Å². The molecule has 0 saturated carbocycles. The van der Waals surface area contributed by atoms with Crippen molar-refractivity contribution < 1.29 is 0 Å². The van der Waals surface area contributed by atoms with Crippen LogP contribution < -0.4 is 5.32 Å². The third-order valence-corrected chi connectivity index (χ3v) is 3.83. The van der Waals surface area contributed by atoms with Gasteiger partial charge in [-0.25, -0.2) is 0 Å². The average molecular weight is 246 g/mol. The standard InChI is InChI=1S/C16H26N2/c1-3-11-18(12-4-2)15-10-9-14-7-5-6-8-16(14)17-13-15/h5-8,15,17H,3-4,9-13H2,1-2H3. The van der Waals surface area contributed by atoms with Gasteiger partial charge in [0.15, 0.2) is 0 Å². The van der Waals surface area contributed by atoms with Gasteiger partial charge in [-0.2, -0.15) is 0 Å². The first kappa shape index (κ1) is 13.4. The molecule has 1 N–H and O–H groups in total. The molecule has 0 aliphatic carbocycles. The summed E-state index contributed by atoms with van der Waals surface area (Å²) in [5.41, 5.74) is 2.82. The number of benzene rings is 1. The van der Waals surface area contributed by atoms with Gasteiger partial charge in [-0.1, -0.05) is 32.0 Å². The number of rotatable bonds is 5. The summed E-state index contributed by atoms with van der Waals surface area (Å²) in [6.45, 7) is 8.12. The lowest BCUT2D eigenvalue weighted by atomic mass is 10.0. The third kappa shape index (κ3) is 3.26. The molecule has 0 aromatic heterocycles. The van der Waals surface area contributed by atoms with E-state index in [4.69, 9.17) is 0 Å². The number of nitrogens with zero attached hydrogens (tertiary/aromatic N) is 1. The molecule has 2 heteroatoms. The van der Waals surface area contributed by atoms with Crippen LogP contribution in [0.1, 0.15) is 38.7 Å². The molecule has 100 valence electrons. The summed E-state index contributed by atoms with van der Waals surface area (Å²) in [5.74, 6) is 0. The molecule has 1 unspecified atom stereocenters. The van der Waals surface area contributed by atoms with Crippen LogP contribution in [0.4, 0.5) is 5.69 Å². The minimum atomic E-state index is 0.692. The first-order chi connectivity index (χ1) is 8.85. The smallest absolute Gasteiger partial charge is 0.0373 e. The number of anilines is 1. The highest BCUT2D eigenvalue weighted by atomic mass is 15.2. The Morgan fingerprint density at radius 3 is 2.61 bits per heavy atom. The maximum Gasteiger partial charge on any atom is 0.0373 e. The summed E-state index contributed by atoms with van der Waals surface area (Å²) < 4.78 is 0. The van der Waals surface area contributed by atoms with Gasteiger partial charge in [0.05, 0.1) is 0 Å². The van der Waals surface area contributed by atoms with Crippen LogP contribution in [0.2, 0.25) is 0 Å². The fraction of sp³-hybridized carbons (Fsp3) is 0.625. The van der Waals surface area contributed by atoms with Crippen molar-refractivity contribution >= 4 is 5.69 Å². The predicted molar refractivity (Wildman–Crippen MR) is 79.2 cm³/mol. The molecule has 1 aromatic rings. The van der Waals surface area contributed by atoms with Crippen LogP contribution in [0.15, 0.2) is 24.3 Å². The summed E-state index contributed by atoms with van der Waals surface area (Å²) in [5, 5.41) is 3.63. The molecule has 2 nitrogen and oxygen atoms in total. The fourth-order valence-electron chi connectivity index (χ4n) is 2.93. The van der Waals surface area contributed by atoms with Gasteiger partial charge in [0, 0.05) is 18.3 Å². The molecule has 1 heterocycles. The number of aryl methyl sites for hydroxylation is 1. The maximum atomic E-state index is 3.63. The van der Waals surface area contributed by atoms with Crippen molar-refractivity contribution in [2.24, 2.45) is 0 Å². The third-order valence-electron chi connectivity index (χ3n) is 3.83. The first-order valence-electron chi connectivity index (χ1n) is 7.41. The Morgan fingerprint density at radius 2 is 1.89 bits per heavy atom. The normalized spacial score (nSPS) is 19.2. The Kier molecular flexibility index (Phi) is 5.06. The largest absolute Gasteiger partial charge is 0.383 e. The van der Waals surface area contributed by atoms with Crippen LogP contribution in [0, 0.1) is 0 Å². The van der Waals surface area contributed by atoms with Crippen LogP contribution in [-0.2, 0) is 6.42 Å². The van der Waals surface area contributed by atoms with Crippen molar-refractivity contribution in [3.8, 4) is 0 Å². The van der Waals surface area contributed by atoms with Crippen LogP contribution in [0.5, 0.6) is 0 Å². The molecular formula is C16H26N2. The summed E-state index contributed by atoms with van der Waals surface area (Å²) in [7, 11) is 0. The van der Waals surface area contributed by atoms with Crippen LogP contribution in [-0.4, -0.2) is 30.6 Å². The lowest BCUT2D eigenvalue weighted by Gasteiger charge is -2.30. The molecule has 18 heavy (non-hydrogen) atoms. The molecule has 1 aliphatic heterocycles. The Hall–Kier alpha value is -1.02. The summed E-state index contributed by atoms with van der Waals surface area (Å²) in [6.07, 6.45) is 4.99. The SMILES string of the molecule is CCCN(CCC)C1CCc2ccccc2NC1. The zero-order valence-electron chi connectivity index (χ0n) is 11.8. The van der Waals surface area contributed by atoms with Gasteiger partial charge in [0.1, 0.15) is 0 Å². The van der Waals surface area contributed by atoms with Crippen LogP contribution in [0.3, 0.4) is 0 Å².